The van der Waals surface area contributed by atoms with Crippen LogP contribution in [-0.4, -0.2) is 47.7 Å². The van der Waals surface area contributed by atoms with Gasteiger partial charge in [0.1, 0.15) is 0 Å². The third-order valence-electron chi connectivity index (χ3n) is 4.80. The average molecular weight is 316 g/mol. The molecule has 0 N–H and O–H groups in total. The molecule has 0 radical (unpaired) electrons. The summed E-state index contributed by atoms with van der Waals surface area (Å²) in [5.41, 5.74) is 0. The fourth-order valence-electron chi connectivity index (χ4n) is 3.19. The predicted octanol–water partition coefficient (Wildman–Crippen LogP) is 4.68. The van der Waals surface area contributed by atoms with E-state index in [1.807, 2.05) is 0 Å². The third-order valence-corrected chi connectivity index (χ3v) is 6.88. The van der Waals surface area contributed by atoms with Crippen molar-refractivity contribution in [3.63, 3.8) is 0 Å². The van der Waals surface area contributed by atoms with Crippen molar-refractivity contribution in [2.75, 3.05) is 26.3 Å². The van der Waals surface area contributed by atoms with Crippen molar-refractivity contribution in [3.8, 4) is 0 Å². The van der Waals surface area contributed by atoms with Gasteiger partial charge in [-0.2, -0.15) is 11.8 Å². The summed E-state index contributed by atoms with van der Waals surface area (Å²) >= 11 is 2.22. The molecule has 2 aliphatic rings. The first-order chi connectivity index (χ1) is 9.99. The minimum absolute atomic E-state index is 0.647. The highest BCUT2D eigenvalue weighted by Gasteiger charge is 2.25. The third kappa shape index (κ3) is 6.50. The molecule has 3 unspecified atom stereocenters. The lowest BCUT2D eigenvalue weighted by molar-refractivity contribution is -0.0216. The normalized spacial score (nSPS) is 30.6. The van der Waals surface area contributed by atoms with Crippen molar-refractivity contribution >= 4 is 11.8 Å². The predicted molar refractivity (Wildman–Crippen MR) is 96.2 cm³/mol. The van der Waals surface area contributed by atoms with Gasteiger partial charge in [-0.1, -0.05) is 41.5 Å². The van der Waals surface area contributed by atoms with Crippen molar-refractivity contribution < 1.29 is 4.74 Å². The summed E-state index contributed by atoms with van der Waals surface area (Å²) in [6, 6.07) is 0.647. The molecular weight excluding hydrogens is 278 g/mol. The van der Waals surface area contributed by atoms with Gasteiger partial charge in [0, 0.05) is 23.1 Å². The Kier molecular flexibility index (Phi) is 9.31. The molecule has 2 saturated heterocycles. The van der Waals surface area contributed by atoms with Gasteiger partial charge >= 0.3 is 0 Å². The molecule has 2 fully saturated rings. The maximum Gasteiger partial charge on any atom is 0.0624 e. The molecule has 0 amide bonds. The van der Waals surface area contributed by atoms with E-state index < -0.39 is 0 Å². The van der Waals surface area contributed by atoms with Crippen LogP contribution in [0.3, 0.4) is 0 Å². The zero-order valence-electron chi connectivity index (χ0n) is 15.1. The Morgan fingerprint density at radius 1 is 1.10 bits per heavy atom. The zero-order chi connectivity index (χ0) is 15.8. The van der Waals surface area contributed by atoms with Gasteiger partial charge in [-0.25, -0.2) is 0 Å². The number of likely N-dealkylation sites (N-methyl/N-ethyl adjacent to an activating group) is 1. The number of thioether (sulfide) groups is 1. The number of hydrogen-bond acceptors (Lipinski definition) is 3. The topological polar surface area (TPSA) is 12.5 Å². The van der Waals surface area contributed by atoms with E-state index in [9.17, 15) is 0 Å². The van der Waals surface area contributed by atoms with E-state index in [1.54, 1.807) is 0 Å². The molecule has 0 bridgehead atoms. The molecule has 0 spiro atoms. The second-order valence-corrected chi connectivity index (χ2v) is 8.59. The Bertz CT molecular complexity index is 270. The standard InChI is InChI=1S/C9H19NO.C9H18S/c1-4-10-5-6-11-7-9(10)8(2)3;1-4-8-5-6-9(10-8)7(2)3/h8-9H,4-7H2,1-3H3;7-9H,4-6H2,1-3H3. The Labute approximate surface area is 137 Å². The van der Waals surface area contributed by atoms with Crippen LogP contribution in [-0.2, 0) is 4.74 Å². The zero-order valence-corrected chi connectivity index (χ0v) is 15.9. The van der Waals surface area contributed by atoms with Crippen LogP contribution < -0.4 is 0 Å². The van der Waals surface area contributed by atoms with Crippen molar-refractivity contribution in [2.24, 2.45) is 11.8 Å². The van der Waals surface area contributed by atoms with E-state index in [4.69, 9.17) is 4.74 Å². The monoisotopic (exact) mass is 315 g/mol. The lowest BCUT2D eigenvalue weighted by atomic mass is 10.0. The molecule has 2 heterocycles. The van der Waals surface area contributed by atoms with E-state index in [2.05, 4.69) is 58.2 Å². The molecule has 126 valence electrons. The van der Waals surface area contributed by atoms with Gasteiger partial charge < -0.3 is 4.74 Å². The van der Waals surface area contributed by atoms with Crippen molar-refractivity contribution in [1.82, 2.24) is 4.90 Å². The number of rotatable bonds is 4. The fraction of sp³-hybridized carbons (Fsp3) is 1.00. The molecule has 0 saturated carbocycles. The summed E-state index contributed by atoms with van der Waals surface area (Å²) in [5.74, 6) is 1.61. The van der Waals surface area contributed by atoms with E-state index >= 15 is 0 Å². The Morgan fingerprint density at radius 2 is 1.81 bits per heavy atom. The second kappa shape index (κ2) is 10.1. The van der Waals surface area contributed by atoms with Crippen LogP contribution in [0.5, 0.6) is 0 Å². The first-order valence-electron chi connectivity index (χ1n) is 8.96. The summed E-state index contributed by atoms with van der Waals surface area (Å²) in [6.45, 7) is 17.9. The van der Waals surface area contributed by atoms with Crippen LogP contribution in [0.4, 0.5) is 0 Å². The molecule has 3 atom stereocenters. The molecule has 2 nitrogen and oxygen atoms in total. The highest BCUT2D eigenvalue weighted by atomic mass is 32.2. The highest BCUT2D eigenvalue weighted by Crippen LogP contribution is 2.38. The van der Waals surface area contributed by atoms with Crippen LogP contribution in [0.2, 0.25) is 0 Å². The SMILES string of the molecule is CCC1CCC(C(C)C)S1.CCN1CCOCC1C(C)C. The smallest absolute Gasteiger partial charge is 0.0624 e. The van der Waals surface area contributed by atoms with Gasteiger partial charge in [0.15, 0.2) is 0 Å². The van der Waals surface area contributed by atoms with E-state index in [-0.39, 0.29) is 0 Å². The Balaban J connectivity index is 0.000000211. The summed E-state index contributed by atoms with van der Waals surface area (Å²) < 4.78 is 5.43. The maximum absolute atomic E-state index is 5.43. The molecule has 2 aliphatic heterocycles. The molecule has 0 aliphatic carbocycles. The quantitative estimate of drug-likeness (QED) is 0.747. The molecule has 21 heavy (non-hydrogen) atoms. The summed E-state index contributed by atoms with van der Waals surface area (Å²) in [5, 5.41) is 1.94. The summed E-state index contributed by atoms with van der Waals surface area (Å²) in [7, 11) is 0. The Morgan fingerprint density at radius 3 is 2.19 bits per heavy atom. The van der Waals surface area contributed by atoms with Gasteiger partial charge in [-0.15, -0.1) is 0 Å². The molecule has 0 aromatic rings. The largest absolute Gasteiger partial charge is 0.378 e. The molecule has 0 aromatic heterocycles. The molecule has 0 aromatic carbocycles. The van der Waals surface area contributed by atoms with Crippen molar-refractivity contribution in [1.29, 1.82) is 0 Å². The number of hydrogen-bond donors (Lipinski definition) is 0. The summed E-state index contributed by atoms with van der Waals surface area (Å²) in [4.78, 5) is 2.51. The average Bonchev–Trinajstić information content (AvgIpc) is 2.97. The number of ether oxygens (including phenoxy) is 1. The first kappa shape index (κ1) is 19.3. The lowest BCUT2D eigenvalue weighted by Gasteiger charge is -2.37. The van der Waals surface area contributed by atoms with Crippen molar-refractivity contribution in [3.05, 3.63) is 0 Å². The van der Waals surface area contributed by atoms with E-state index in [0.29, 0.717) is 6.04 Å². The van der Waals surface area contributed by atoms with E-state index in [1.165, 1.54) is 19.3 Å². The van der Waals surface area contributed by atoms with Crippen LogP contribution in [0, 0.1) is 11.8 Å². The van der Waals surface area contributed by atoms with Crippen LogP contribution in [0.15, 0.2) is 0 Å². The minimum atomic E-state index is 0.647. The van der Waals surface area contributed by atoms with Crippen LogP contribution in [0.25, 0.3) is 0 Å². The highest BCUT2D eigenvalue weighted by molar-refractivity contribution is 8.00. The second-order valence-electron chi connectivity index (χ2n) is 7.04. The number of nitrogens with zero attached hydrogens (tertiary/aromatic N) is 1. The molecule has 2 rings (SSSR count). The van der Waals surface area contributed by atoms with Crippen molar-refractivity contribution in [2.45, 2.75) is 77.3 Å². The summed E-state index contributed by atoms with van der Waals surface area (Å²) in [6.07, 6.45) is 4.29. The van der Waals surface area contributed by atoms with E-state index in [0.717, 1.165) is 48.6 Å². The fourth-order valence-corrected chi connectivity index (χ4v) is 4.73. The molecule has 3 heteroatoms. The van der Waals surface area contributed by atoms with Crippen LogP contribution >= 0.6 is 11.8 Å². The lowest BCUT2D eigenvalue weighted by Crippen LogP contribution is -2.47. The first-order valence-corrected chi connectivity index (χ1v) is 9.91. The van der Waals surface area contributed by atoms with Gasteiger partial charge in [0.25, 0.3) is 0 Å². The maximum atomic E-state index is 5.43. The molecular formula is C18H37NOS. The van der Waals surface area contributed by atoms with Gasteiger partial charge in [0.2, 0.25) is 0 Å². The number of morpholine rings is 1. The Hall–Kier alpha value is 0.270. The van der Waals surface area contributed by atoms with Gasteiger partial charge in [0.05, 0.1) is 13.2 Å². The minimum Gasteiger partial charge on any atom is -0.378 e. The van der Waals surface area contributed by atoms with Crippen LogP contribution in [0.1, 0.15) is 60.8 Å². The van der Waals surface area contributed by atoms with Gasteiger partial charge in [-0.05, 0) is 37.6 Å². The van der Waals surface area contributed by atoms with Gasteiger partial charge in [-0.3, -0.25) is 4.90 Å².